The second-order valence-electron chi connectivity index (χ2n) is 8.39. The van der Waals surface area contributed by atoms with E-state index in [-0.39, 0.29) is 23.4 Å². The zero-order valence-corrected chi connectivity index (χ0v) is 20.4. The molecule has 1 aliphatic heterocycles. The molecule has 9 nitrogen and oxygen atoms in total. The Morgan fingerprint density at radius 3 is 2.35 bits per heavy atom. The number of fused-ring (bicyclic) bond motifs is 1. The van der Waals surface area contributed by atoms with E-state index in [1.54, 1.807) is 12.1 Å². The van der Waals surface area contributed by atoms with Crippen LogP contribution in [0.3, 0.4) is 0 Å². The minimum absolute atomic E-state index is 0.0895. The Morgan fingerprint density at radius 1 is 1.00 bits per heavy atom. The van der Waals surface area contributed by atoms with Crippen molar-refractivity contribution in [1.82, 2.24) is 4.31 Å². The number of carbonyl (C=O) groups excluding carboxylic acids is 3. The van der Waals surface area contributed by atoms with Gasteiger partial charge in [0.15, 0.2) is 6.61 Å². The maximum absolute atomic E-state index is 13.4. The van der Waals surface area contributed by atoms with Gasteiger partial charge in [0.2, 0.25) is 15.9 Å². The number of nitrogens with zero attached hydrogens (tertiary/aromatic N) is 1. The van der Waals surface area contributed by atoms with Crippen LogP contribution in [0.4, 0.5) is 10.1 Å². The minimum Gasteiger partial charge on any atom is -0.456 e. The van der Waals surface area contributed by atoms with E-state index < -0.39 is 46.3 Å². The third-order valence-corrected chi connectivity index (χ3v) is 7.88. The van der Waals surface area contributed by atoms with Crippen LogP contribution in [-0.4, -0.2) is 43.7 Å². The van der Waals surface area contributed by atoms with Crippen LogP contribution in [0.15, 0.2) is 77.7 Å². The van der Waals surface area contributed by atoms with Crippen molar-refractivity contribution in [2.24, 2.45) is 5.73 Å². The molecular formula is C26H24FN3O6S. The molecule has 0 spiro atoms. The third-order valence-electron chi connectivity index (χ3n) is 5.96. The largest absolute Gasteiger partial charge is 0.456 e. The summed E-state index contributed by atoms with van der Waals surface area (Å²) in [6.45, 7) is -0.466. The van der Waals surface area contributed by atoms with Crippen LogP contribution >= 0.6 is 0 Å². The van der Waals surface area contributed by atoms with E-state index in [1.807, 2.05) is 12.1 Å². The molecule has 0 saturated heterocycles. The van der Waals surface area contributed by atoms with E-state index in [0.717, 1.165) is 17.7 Å². The van der Waals surface area contributed by atoms with Crippen molar-refractivity contribution in [2.75, 3.05) is 18.5 Å². The van der Waals surface area contributed by atoms with Gasteiger partial charge < -0.3 is 15.8 Å². The number of amides is 2. The quantitative estimate of drug-likeness (QED) is 0.434. The van der Waals surface area contributed by atoms with Crippen LogP contribution in [-0.2, 0) is 30.8 Å². The van der Waals surface area contributed by atoms with Crippen molar-refractivity contribution < 1.29 is 31.9 Å². The zero-order valence-electron chi connectivity index (χ0n) is 19.6. The molecule has 3 aromatic rings. The normalized spacial score (nSPS) is 15.4. The number of benzene rings is 3. The Bertz CT molecular complexity index is 1430. The number of ether oxygens (including phenoxy) is 1. The van der Waals surface area contributed by atoms with E-state index in [0.29, 0.717) is 17.7 Å². The standard InChI is InChI=1S/C26H24FN3O6S/c27-19-7-11-21(12-8-19)37(34,35)30-14-13-17-3-1-2-4-22(17)23(30)15-25(32)36-16-24(31)29-20-9-5-18(6-10-20)26(28)33/h1-12,23H,13-16H2,(H2,28,33)(H,29,31). The Morgan fingerprint density at radius 2 is 1.68 bits per heavy atom. The molecule has 0 aliphatic carbocycles. The SMILES string of the molecule is NC(=O)c1ccc(NC(=O)COC(=O)CC2c3ccccc3CCN2S(=O)(=O)c2ccc(F)cc2)cc1. The van der Waals surface area contributed by atoms with Gasteiger partial charge in [-0.15, -0.1) is 0 Å². The Hall–Kier alpha value is -4.09. The highest BCUT2D eigenvalue weighted by molar-refractivity contribution is 7.89. The molecule has 0 saturated carbocycles. The number of halogens is 1. The smallest absolute Gasteiger partial charge is 0.308 e. The lowest BCUT2D eigenvalue weighted by Crippen LogP contribution is -2.41. The number of nitrogens with two attached hydrogens (primary N) is 1. The summed E-state index contributed by atoms with van der Waals surface area (Å²) in [5, 5.41) is 2.54. The average molecular weight is 526 g/mol. The van der Waals surface area contributed by atoms with Gasteiger partial charge in [0.1, 0.15) is 5.82 Å². The number of hydrogen-bond acceptors (Lipinski definition) is 6. The fourth-order valence-electron chi connectivity index (χ4n) is 4.15. The first-order valence-electron chi connectivity index (χ1n) is 11.4. The number of carbonyl (C=O) groups is 3. The van der Waals surface area contributed by atoms with Gasteiger partial charge in [-0.1, -0.05) is 24.3 Å². The van der Waals surface area contributed by atoms with Crippen molar-refractivity contribution in [2.45, 2.75) is 23.8 Å². The number of sulfonamides is 1. The van der Waals surface area contributed by atoms with E-state index in [4.69, 9.17) is 10.5 Å². The highest BCUT2D eigenvalue weighted by Crippen LogP contribution is 2.36. The van der Waals surface area contributed by atoms with Crippen LogP contribution in [0.5, 0.6) is 0 Å². The van der Waals surface area contributed by atoms with Crippen LogP contribution in [0, 0.1) is 5.82 Å². The summed E-state index contributed by atoms with van der Waals surface area (Å²) in [4.78, 5) is 36.0. The lowest BCUT2D eigenvalue weighted by Gasteiger charge is -2.36. The van der Waals surface area contributed by atoms with Gasteiger partial charge in [0, 0.05) is 17.8 Å². The Labute approximate surface area is 213 Å². The number of primary amides is 1. The number of esters is 1. The van der Waals surface area contributed by atoms with Crippen molar-refractivity contribution >= 4 is 33.5 Å². The Kier molecular flexibility index (Phi) is 7.65. The molecule has 1 unspecified atom stereocenters. The van der Waals surface area contributed by atoms with Gasteiger partial charge in [-0.05, 0) is 66.1 Å². The summed E-state index contributed by atoms with van der Waals surface area (Å²) < 4.78 is 46.5. The van der Waals surface area contributed by atoms with E-state index >= 15 is 0 Å². The summed E-state index contributed by atoms with van der Waals surface area (Å²) in [7, 11) is -4.05. The van der Waals surface area contributed by atoms with Gasteiger partial charge in [-0.25, -0.2) is 12.8 Å². The number of anilines is 1. The Balaban J connectivity index is 1.46. The molecular weight excluding hydrogens is 501 g/mol. The topological polar surface area (TPSA) is 136 Å². The van der Waals surface area contributed by atoms with E-state index in [9.17, 15) is 27.2 Å². The monoisotopic (exact) mass is 525 g/mol. The van der Waals surface area contributed by atoms with E-state index in [1.165, 1.54) is 40.7 Å². The predicted molar refractivity (Wildman–Crippen MR) is 132 cm³/mol. The second-order valence-corrected chi connectivity index (χ2v) is 10.3. The molecule has 0 radical (unpaired) electrons. The highest BCUT2D eigenvalue weighted by atomic mass is 32.2. The molecule has 1 aliphatic rings. The third kappa shape index (κ3) is 6.01. The van der Waals surface area contributed by atoms with Crippen LogP contribution in [0.1, 0.15) is 33.9 Å². The van der Waals surface area contributed by atoms with Crippen LogP contribution < -0.4 is 11.1 Å². The molecule has 4 rings (SSSR count). The van der Waals surface area contributed by atoms with Crippen molar-refractivity contribution in [1.29, 1.82) is 0 Å². The summed E-state index contributed by atoms with van der Waals surface area (Å²) in [6.07, 6.45) is 0.122. The lowest BCUT2D eigenvalue weighted by molar-refractivity contribution is -0.148. The highest BCUT2D eigenvalue weighted by Gasteiger charge is 2.37. The van der Waals surface area contributed by atoms with Crippen LogP contribution in [0.25, 0.3) is 0 Å². The minimum atomic E-state index is -4.05. The van der Waals surface area contributed by atoms with E-state index in [2.05, 4.69) is 5.32 Å². The number of rotatable bonds is 8. The molecule has 3 N–H and O–H groups in total. The lowest BCUT2D eigenvalue weighted by atomic mass is 9.92. The predicted octanol–water partition coefficient (Wildman–Crippen LogP) is 2.78. The maximum Gasteiger partial charge on any atom is 0.308 e. The molecule has 0 fully saturated rings. The molecule has 2 amide bonds. The van der Waals surface area contributed by atoms with Gasteiger partial charge in [0.05, 0.1) is 17.4 Å². The first-order chi connectivity index (χ1) is 17.6. The fraction of sp³-hybridized carbons (Fsp3) is 0.192. The summed E-state index contributed by atoms with van der Waals surface area (Å²) in [6, 6.07) is 16.7. The summed E-state index contributed by atoms with van der Waals surface area (Å²) in [5.74, 6) is -2.54. The molecule has 11 heteroatoms. The summed E-state index contributed by atoms with van der Waals surface area (Å²) >= 11 is 0. The molecule has 3 aromatic carbocycles. The number of nitrogens with one attached hydrogen (secondary N) is 1. The molecule has 1 atom stereocenters. The molecule has 192 valence electrons. The molecule has 1 heterocycles. The first-order valence-corrected chi connectivity index (χ1v) is 12.8. The molecule has 37 heavy (non-hydrogen) atoms. The zero-order chi connectivity index (χ0) is 26.6. The van der Waals surface area contributed by atoms with Gasteiger partial charge >= 0.3 is 5.97 Å². The van der Waals surface area contributed by atoms with Gasteiger partial charge in [0.25, 0.3) is 5.91 Å². The van der Waals surface area contributed by atoms with Crippen LogP contribution in [0.2, 0.25) is 0 Å². The molecule has 0 bridgehead atoms. The van der Waals surface area contributed by atoms with Crippen molar-refractivity contribution in [3.63, 3.8) is 0 Å². The average Bonchev–Trinajstić information content (AvgIpc) is 2.88. The maximum atomic E-state index is 13.4. The van der Waals surface area contributed by atoms with Crippen molar-refractivity contribution in [3.05, 3.63) is 95.3 Å². The number of hydrogen-bond donors (Lipinski definition) is 2. The van der Waals surface area contributed by atoms with Gasteiger partial charge in [-0.3, -0.25) is 14.4 Å². The van der Waals surface area contributed by atoms with Gasteiger partial charge in [-0.2, -0.15) is 4.31 Å². The second kappa shape index (κ2) is 10.9. The fourth-order valence-corrected chi connectivity index (χ4v) is 5.75. The van der Waals surface area contributed by atoms with Crippen molar-refractivity contribution in [3.8, 4) is 0 Å². The summed E-state index contributed by atoms with van der Waals surface area (Å²) in [5.41, 5.74) is 7.41. The first kappa shape index (κ1) is 26.0. The molecule has 0 aromatic heterocycles.